The lowest BCUT2D eigenvalue weighted by Crippen LogP contribution is -2.51. The molecule has 1 rings (SSSR count). The van der Waals surface area contributed by atoms with Crippen LogP contribution in [0.5, 0.6) is 0 Å². The van der Waals surface area contributed by atoms with Gasteiger partial charge in [-0.05, 0) is 11.3 Å². The molecule has 0 saturated heterocycles. The van der Waals surface area contributed by atoms with Gasteiger partial charge in [-0.3, -0.25) is 0 Å². The predicted octanol–water partition coefficient (Wildman–Crippen LogP) is 2.56. The summed E-state index contributed by atoms with van der Waals surface area (Å²) >= 11 is 0. The van der Waals surface area contributed by atoms with Gasteiger partial charge in [0.1, 0.15) is 0 Å². The van der Waals surface area contributed by atoms with Crippen LogP contribution in [0.25, 0.3) is 0 Å². The van der Waals surface area contributed by atoms with Crippen molar-refractivity contribution in [1.29, 1.82) is 0 Å². The Balaban J connectivity index is 2.74. The van der Waals surface area contributed by atoms with E-state index in [0.29, 0.717) is 18.0 Å². The lowest BCUT2D eigenvalue weighted by Gasteiger charge is -2.36. The molecular weight excluding hydrogens is 238 g/mol. The van der Waals surface area contributed by atoms with Gasteiger partial charge < -0.3 is 14.6 Å². The van der Waals surface area contributed by atoms with E-state index < -0.39 is 0 Å². The molecule has 0 bridgehead atoms. The minimum absolute atomic E-state index is 0.186. The van der Waals surface area contributed by atoms with Crippen LogP contribution in [0.1, 0.15) is 34.6 Å². The van der Waals surface area contributed by atoms with Crippen molar-refractivity contribution in [3.8, 4) is 0 Å². The molecule has 1 heterocycles. The third-order valence-corrected chi connectivity index (χ3v) is 3.56. The Bertz CT molecular complexity index is 341. The van der Waals surface area contributed by atoms with Crippen LogP contribution in [0.15, 0.2) is 18.7 Å². The van der Waals surface area contributed by atoms with Crippen LogP contribution in [-0.2, 0) is 11.3 Å². The molecule has 0 aliphatic carbocycles. The second-order valence-electron chi connectivity index (χ2n) is 6.65. The molecule has 0 aromatic carbocycles. The Hall–Kier alpha value is -0.870. The molecule has 2 atom stereocenters. The fourth-order valence-electron chi connectivity index (χ4n) is 2.05. The largest absolute Gasteiger partial charge is 0.383 e. The van der Waals surface area contributed by atoms with E-state index >= 15 is 0 Å². The summed E-state index contributed by atoms with van der Waals surface area (Å²) in [7, 11) is 1.76. The molecule has 0 spiro atoms. The molecular formula is C15H29N3O. The molecule has 0 fully saturated rings. The van der Waals surface area contributed by atoms with Crippen LogP contribution in [0.3, 0.4) is 0 Å². The van der Waals surface area contributed by atoms with E-state index in [2.05, 4.69) is 49.5 Å². The van der Waals surface area contributed by atoms with Crippen molar-refractivity contribution in [2.75, 3.05) is 13.7 Å². The van der Waals surface area contributed by atoms with Crippen molar-refractivity contribution in [1.82, 2.24) is 14.9 Å². The molecule has 19 heavy (non-hydrogen) atoms. The summed E-state index contributed by atoms with van der Waals surface area (Å²) in [6.07, 6.45) is 5.72. The third-order valence-electron chi connectivity index (χ3n) is 3.56. The summed E-state index contributed by atoms with van der Waals surface area (Å²) in [4.78, 5) is 4.12. The second kappa shape index (κ2) is 7.06. The monoisotopic (exact) mass is 267 g/mol. The zero-order valence-electron chi connectivity index (χ0n) is 13.2. The zero-order valence-corrected chi connectivity index (χ0v) is 13.2. The van der Waals surface area contributed by atoms with Gasteiger partial charge in [0.05, 0.1) is 12.9 Å². The van der Waals surface area contributed by atoms with Crippen molar-refractivity contribution in [2.24, 2.45) is 11.3 Å². The van der Waals surface area contributed by atoms with Gasteiger partial charge in [0.25, 0.3) is 0 Å². The number of ether oxygens (including phenoxy) is 1. The Labute approximate surface area is 117 Å². The van der Waals surface area contributed by atoms with E-state index in [9.17, 15) is 0 Å². The minimum Gasteiger partial charge on any atom is -0.383 e. The molecule has 0 amide bonds. The van der Waals surface area contributed by atoms with Crippen LogP contribution < -0.4 is 5.32 Å². The highest BCUT2D eigenvalue weighted by Gasteiger charge is 2.28. The van der Waals surface area contributed by atoms with Gasteiger partial charge >= 0.3 is 0 Å². The quantitative estimate of drug-likeness (QED) is 0.825. The van der Waals surface area contributed by atoms with Gasteiger partial charge in [0, 0.05) is 38.1 Å². The molecule has 4 heteroatoms. The average molecular weight is 267 g/mol. The Morgan fingerprint density at radius 3 is 2.42 bits per heavy atom. The van der Waals surface area contributed by atoms with E-state index in [1.165, 1.54) is 0 Å². The van der Waals surface area contributed by atoms with E-state index in [1.807, 2.05) is 18.7 Å². The van der Waals surface area contributed by atoms with Crippen molar-refractivity contribution in [3.63, 3.8) is 0 Å². The highest BCUT2D eigenvalue weighted by molar-refractivity contribution is 4.87. The fourth-order valence-corrected chi connectivity index (χ4v) is 2.05. The van der Waals surface area contributed by atoms with Crippen molar-refractivity contribution in [3.05, 3.63) is 18.7 Å². The maximum atomic E-state index is 5.33. The maximum absolute atomic E-state index is 5.33. The first kappa shape index (κ1) is 16.2. The minimum atomic E-state index is 0.186. The Morgan fingerprint density at radius 2 is 2.00 bits per heavy atom. The number of hydrogen-bond donors (Lipinski definition) is 1. The number of rotatable bonds is 7. The topological polar surface area (TPSA) is 39.1 Å². The first-order valence-corrected chi connectivity index (χ1v) is 7.05. The molecule has 2 unspecified atom stereocenters. The number of methoxy groups -OCH3 is 1. The summed E-state index contributed by atoms with van der Waals surface area (Å²) in [5, 5.41) is 3.76. The fraction of sp³-hybridized carbons (Fsp3) is 0.800. The zero-order chi connectivity index (χ0) is 14.5. The molecule has 1 N–H and O–H groups in total. The number of nitrogens with one attached hydrogen (secondary N) is 1. The van der Waals surface area contributed by atoms with Gasteiger partial charge in [0.15, 0.2) is 0 Å². The standard InChI is InChI=1S/C15H29N3O/c1-12(2)13(10-19-6)17-14(15(3,4)5)9-18-8-7-16-11-18/h7-8,11-14,17H,9-10H2,1-6H3. The number of nitrogens with zero attached hydrogens (tertiary/aromatic N) is 2. The first-order chi connectivity index (χ1) is 8.84. The summed E-state index contributed by atoms with van der Waals surface area (Å²) in [5.74, 6) is 0.549. The number of aromatic nitrogens is 2. The lowest BCUT2D eigenvalue weighted by molar-refractivity contribution is 0.118. The molecule has 1 aromatic heterocycles. The molecule has 4 nitrogen and oxygen atoms in total. The predicted molar refractivity (Wildman–Crippen MR) is 79.1 cm³/mol. The van der Waals surface area contributed by atoms with Crippen LogP contribution in [0.2, 0.25) is 0 Å². The van der Waals surface area contributed by atoms with E-state index in [4.69, 9.17) is 4.74 Å². The Morgan fingerprint density at radius 1 is 1.32 bits per heavy atom. The maximum Gasteiger partial charge on any atom is 0.0946 e. The van der Waals surface area contributed by atoms with Gasteiger partial charge in [-0.1, -0.05) is 34.6 Å². The van der Waals surface area contributed by atoms with Crippen molar-refractivity contribution < 1.29 is 4.74 Å². The molecule has 1 aromatic rings. The first-order valence-electron chi connectivity index (χ1n) is 7.05. The van der Waals surface area contributed by atoms with Crippen LogP contribution in [0.4, 0.5) is 0 Å². The highest BCUT2D eigenvalue weighted by atomic mass is 16.5. The molecule has 0 aliphatic rings. The van der Waals surface area contributed by atoms with E-state index in [1.54, 1.807) is 7.11 Å². The van der Waals surface area contributed by atoms with E-state index in [0.717, 1.165) is 13.2 Å². The Kier molecular flexibility index (Phi) is 6.01. The van der Waals surface area contributed by atoms with Crippen LogP contribution >= 0.6 is 0 Å². The lowest BCUT2D eigenvalue weighted by atomic mass is 9.85. The van der Waals surface area contributed by atoms with Crippen molar-refractivity contribution >= 4 is 0 Å². The van der Waals surface area contributed by atoms with Crippen molar-refractivity contribution in [2.45, 2.75) is 53.2 Å². The van der Waals surface area contributed by atoms with Gasteiger partial charge in [-0.15, -0.1) is 0 Å². The van der Waals surface area contributed by atoms with Crippen LogP contribution in [-0.4, -0.2) is 35.4 Å². The van der Waals surface area contributed by atoms with Gasteiger partial charge in [0.2, 0.25) is 0 Å². The smallest absolute Gasteiger partial charge is 0.0946 e. The highest BCUT2D eigenvalue weighted by Crippen LogP contribution is 2.22. The normalized spacial score (nSPS) is 15.7. The molecule has 0 radical (unpaired) electrons. The van der Waals surface area contributed by atoms with Gasteiger partial charge in [-0.2, -0.15) is 0 Å². The summed E-state index contributed by atoms with van der Waals surface area (Å²) < 4.78 is 7.46. The summed E-state index contributed by atoms with van der Waals surface area (Å²) in [5.41, 5.74) is 0.186. The summed E-state index contributed by atoms with van der Waals surface area (Å²) in [6.45, 7) is 12.9. The number of hydrogen-bond acceptors (Lipinski definition) is 3. The van der Waals surface area contributed by atoms with Crippen LogP contribution in [0, 0.1) is 11.3 Å². The third kappa shape index (κ3) is 5.33. The molecule has 0 saturated carbocycles. The van der Waals surface area contributed by atoms with E-state index in [-0.39, 0.29) is 5.41 Å². The SMILES string of the molecule is COCC(NC(Cn1ccnc1)C(C)(C)C)C(C)C. The average Bonchev–Trinajstić information content (AvgIpc) is 2.78. The summed E-state index contributed by atoms with van der Waals surface area (Å²) in [6, 6.07) is 0.752. The molecule has 110 valence electrons. The van der Waals surface area contributed by atoms with Gasteiger partial charge in [-0.25, -0.2) is 4.98 Å². The number of imidazole rings is 1. The second-order valence-corrected chi connectivity index (χ2v) is 6.65. The molecule has 0 aliphatic heterocycles.